The van der Waals surface area contributed by atoms with E-state index >= 15 is 0 Å². The Balaban J connectivity index is 3.36. The SMILES string of the molecule is CCc1c(F)cc(F)cc1C#N. The van der Waals surface area contributed by atoms with Crippen LogP contribution in [-0.2, 0) is 6.42 Å². The van der Waals surface area contributed by atoms with Crippen LogP contribution < -0.4 is 0 Å². The lowest BCUT2D eigenvalue weighted by Gasteiger charge is -2.01. The van der Waals surface area contributed by atoms with Crippen LogP contribution in [0.2, 0.25) is 0 Å². The van der Waals surface area contributed by atoms with Crippen LogP contribution in [0.4, 0.5) is 8.78 Å². The second-order valence-corrected chi connectivity index (χ2v) is 2.38. The molecule has 1 nitrogen and oxygen atoms in total. The van der Waals surface area contributed by atoms with Gasteiger partial charge in [0.2, 0.25) is 0 Å². The lowest BCUT2D eigenvalue weighted by molar-refractivity contribution is 0.572. The molecule has 1 aromatic carbocycles. The topological polar surface area (TPSA) is 23.8 Å². The maximum absolute atomic E-state index is 12.9. The number of hydrogen-bond acceptors (Lipinski definition) is 1. The van der Waals surface area contributed by atoms with E-state index in [9.17, 15) is 8.78 Å². The molecule has 0 N–H and O–H groups in total. The standard InChI is InChI=1S/C9H7F2N/c1-2-8-6(5-12)3-7(10)4-9(8)11/h3-4H,2H2,1H3. The highest BCUT2D eigenvalue weighted by atomic mass is 19.1. The quantitative estimate of drug-likeness (QED) is 0.630. The fourth-order valence-electron chi connectivity index (χ4n) is 1.06. The van der Waals surface area contributed by atoms with Gasteiger partial charge < -0.3 is 0 Å². The van der Waals surface area contributed by atoms with Crippen molar-refractivity contribution in [1.29, 1.82) is 5.26 Å². The van der Waals surface area contributed by atoms with Gasteiger partial charge in [-0.3, -0.25) is 0 Å². The predicted octanol–water partition coefficient (Wildman–Crippen LogP) is 2.40. The summed E-state index contributed by atoms with van der Waals surface area (Å²) in [7, 11) is 0. The van der Waals surface area contributed by atoms with Gasteiger partial charge in [0, 0.05) is 11.6 Å². The van der Waals surface area contributed by atoms with Gasteiger partial charge in [-0.15, -0.1) is 0 Å². The Labute approximate surface area is 69.2 Å². The number of nitriles is 1. The number of rotatable bonds is 1. The maximum atomic E-state index is 12.9. The van der Waals surface area contributed by atoms with Gasteiger partial charge in [-0.25, -0.2) is 8.78 Å². The molecule has 0 amide bonds. The molecule has 1 aromatic rings. The smallest absolute Gasteiger partial charge is 0.130 e. The van der Waals surface area contributed by atoms with Gasteiger partial charge in [0.05, 0.1) is 11.6 Å². The monoisotopic (exact) mass is 167 g/mol. The van der Waals surface area contributed by atoms with Crippen molar-refractivity contribution in [3.63, 3.8) is 0 Å². The molecule has 0 radical (unpaired) electrons. The Bertz CT molecular complexity index is 339. The molecule has 0 aliphatic rings. The van der Waals surface area contributed by atoms with Crippen molar-refractivity contribution < 1.29 is 8.78 Å². The Morgan fingerprint density at radius 3 is 2.58 bits per heavy atom. The van der Waals surface area contributed by atoms with Crippen molar-refractivity contribution in [3.05, 3.63) is 34.9 Å². The average Bonchev–Trinajstić information content (AvgIpc) is 2.03. The summed E-state index contributed by atoms with van der Waals surface area (Å²) in [4.78, 5) is 0. The summed E-state index contributed by atoms with van der Waals surface area (Å²) in [6.45, 7) is 1.72. The molecular formula is C9H7F2N. The van der Waals surface area contributed by atoms with Crippen LogP contribution in [0.15, 0.2) is 12.1 Å². The van der Waals surface area contributed by atoms with E-state index in [0.717, 1.165) is 12.1 Å². The Morgan fingerprint density at radius 1 is 1.42 bits per heavy atom. The Morgan fingerprint density at radius 2 is 2.08 bits per heavy atom. The molecule has 0 bridgehead atoms. The minimum Gasteiger partial charge on any atom is -0.207 e. The van der Waals surface area contributed by atoms with Gasteiger partial charge in [0.15, 0.2) is 0 Å². The third kappa shape index (κ3) is 1.42. The summed E-state index contributed by atoms with van der Waals surface area (Å²) in [6.07, 6.45) is 0.398. The number of benzene rings is 1. The molecule has 0 aliphatic heterocycles. The second kappa shape index (κ2) is 3.31. The molecule has 12 heavy (non-hydrogen) atoms. The van der Waals surface area contributed by atoms with Crippen molar-refractivity contribution >= 4 is 0 Å². The first-order valence-corrected chi connectivity index (χ1v) is 3.57. The highest BCUT2D eigenvalue weighted by Gasteiger charge is 2.08. The van der Waals surface area contributed by atoms with Crippen LogP contribution in [-0.4, -0.2) is 0 Å². The number of hydrogen-bond donors (Lipinski definition) is 0. The van der Waals surface area contributed by atoms with Crippen LogP contribution in [0, 0.1) is 23.0 Å². The zero-order chi connectivity index (χ0) is 9.14. The van der Waals surface area contributed by atoms with Gasteiger partial charge in [-0.2, -0.15) is 5.26 Å². The van der Waals surface area contributed by atoms with Crippen molar-refractivity contribution in [2.75, 3.05) is 0 Å². The lowest BCUT2D eigenvalue weighted by Crippen LogP contribution is -1.94. The second-order valence-electron chi connectivity index (χ2n) is 2.38. The molecule has 0 heterocycles. The first kappa shape index (κ1) is 8.66. The Hall–Kier alpha value is -1.43. The lowest BCUT2D eigenvalue weighted by atomic mass is 10.1. The van der Waals surface area contributed by atoms with Gasteiger partial charge >= 0.3 is 0 Å². The van der Waals surface area contributed by atoms with Crippen molar-refractivity contribution in [2.24, 2.45) is 0 Å². The first-order valence-electron chi connectivity index (χ1n) is 3.57. The first-order chi connectivity index (χ1) is 5.69. The van der Waals surface area contributed by atoms with Gasteiger partial charge in [0.1, 0.15) is 11.6 Å². The molecule has 0 spiro atoms. The molecule has 0 saturated carbocycles. The van der Waals surface area contributed by atoms with Crippen LogP contribution in [0.1, 0.15) is 18.1 Å². The van der Waals surface area contributed by atoms with E-state index in [-0.39, 0.29) is 11.1 Å². The molecule has 3 heteroatoms. The van der Waals surface area contributed by atoms with Crippen molar-refractivity contribution in [2.45, 2.75) is 13.3 Å². The largest absolute Gasteiger partial charge is 0.207 e. The summed E-state index contributed by atoms with van der Waals surface area (Å²) in [5, 5.41) is 8.52. The number of nitrogens with zero attached hydrogens (tertiary/aromatic N) is 1. The summed E-state index contributed by atoms with van der Waals surface area (Å²) in [5.41, 5.74) is 0.355. The van der Waals surface area contributed by atoms with Gasteiger partial charge in [-0.05, 0) is 12.5 Å². The highest BCUT2D eigenvalue weighted by Crippen LogP contribution is 2.15. The third-order valence-corrected chi connectivity index (χ3v) is 1.63. The average molecular weight is 167 g/mol. The molecule has 0 saturated heterocycles. The van der Waals surface area contributed by atoms with E-state index < -0.39 is 11.6 Å². The van der Waals surface area contributed by atoms with Crippen LogP contribution in [0.25, 0.3) is 0 Å². The zero-order valence-corrected chi connectivity index (χ0v) is 6.56. The molecule has 0 aliphatic carbocycles. The minimum absolute atomic E-state index is 0.0787. The van der Waals surface area contributed by atoms with Crippen LogP contribution in [0.5, 0.6) is 0 Å². The summed E-state index contributed by atoms with van der Waals surface area (Å²) in [6, 6.07) is 3.58. The summed E-state index contributed by atoms with van der Waals surface area (Å²) < 4.78 is 25.4. The molecule has 0 atom stereocenters. The third-order valence-electron chi connectivity index (χ3n) is 1.63. The van der Waals surface area contributed by atoms with E-state index in [1.807, 2.05) is 0 Å². The highest BCUT2D eigenvalue weighted by molar-refractivity contribution is 5.38. The molecule has 1 rings (SSSR count). The van der Waals surface area contributed by atoms with Crippen LogP contribution >= 0.6 is 0 Å². The Kier molecular flexibility index (Phi) is 2.39. The molecular weight excluding hydrogens is 160 g/mol. The zero-order valence-electron chi connectivity index (χ0n) is 6.56. The van der Waals surface area contributed by atoms with Crippen LogP contribution in [0.3, 0.4) is 0 Å². The van der Waals surface area contributed by atoms with Crippen molar-refractivity contribution in [1.82, 2.24) is 0 Å². The van der Waals surface area contributed by atoms with Gasteiger partial charge in [0.25, 0.3) is 0 Å². The van der Waals surface area contributed by atoms with Gasteiger partial charge in [-0.1, -0.05) is 6.92 Å². The molecule has 0 fully saturated rings. The van der Waals surface area contributed by atoms with E-state index in [1.54, 1.807) is 13.0 Å². The van der Waals surface area contributed by atoms with Crippen molar-refractivity contribution in [3.8, 4) is 6.07 Å². The van der Waals surface area contributed by atoms with E-state index in [1.165, 1.54) is 0 Å². The van der Waals surface area contributed by atoms with E-state index in [2.05, 4.69) is 0 Å². The van der Waals surface area contributed by atoms with E-state index in [4.69, 9.17) is 5.26 Å². The molecule has 62 valence electrons. The minimum atomic E-state index is -0.707. The molecule has 0 aromatic heterocycles. The molecule has 0 unspecified atom stereocenters. The maximum Gasteiger partial charge on any atom is 0.130 e. The van der Waals surface area contributed by atoms with E-state index in [0.29, 0.717) is 6.42 Å². The fourth-order valence-corrected chi connectivity index (χ4v) is 1.06. The predicted molar refractivity (Wildman–Crippen MR) is 40.5 cm³/mol. The normalized spacial score (nSPS) is 9.50. The summed E-state index contributed by atoms with van der Waals surface area (Å²) in [5.74, 6) is -1.35. The summed E-state index contributed by atoms with van der Waals surface area (Å²) >= 11 is 0. The fraction of sp³-hybridized carbons (Fsp3) is 0.222. The number of halogens is 2.